The third-order valence-electron chi connectivity index (χ3n) is 1.07. The molecule has 0 radical (unpaired) electrons. The van der Waals surface area contributed by atoms with Crippen molar-refractivity contribution in [3.8, 4) is 0 Å². The quantitative estimate of drug-likeness (QED) is 0.329. The first kappa shape index (κ1) is 12.5. The lowest BCUT2D eigenvalue weighted by molar-refractivity contribution is -0.124. The fourth-order valence-electron chi connectivity index (χ4n) is 0.614. The van der Waals surface area contributed by atoms with Crippen molar-refractivity contribution >= 4 is 30.3 Å². The van der Waals surface area contributed by atoms with Crippen LogP contribution in [-0.2, 0) is 21.4 Å². The topological polar surface area (TPSA) is 139 Å². The van der Waals surface area contributed by atoms with Gasteiger partial charge in [0, 0.05) is 0 Å². The highest BCUT2D eigenvalue weighted by molar-refractivity contribution is 8.08. The second-order valence-electron chi connectivity index (χ2n) is 2.30. The van der Waals surface area contributed by atoms with Gasteiger partial charge in [0.25, 0.3) is 6.64 Å². The zero-order chi connectivity index (χ0) is 10.6. The second-order valence-corrected chi connectivity index (χ2v) is 5.17. The predicted molar refractivity (Wildman–Crippen MR) is 48.7 cm³/mol. The van der Waals surface area contributed by atoms with Gasteiger partial charge in [-0.15, -0.1) is 0 Å². The lowest BCUT2D eigenvalue weighted by Gasteiger charge is -2.16. The van der Waals surface area contributed by atoms with Gasteiger partial charge in [0.15, 0.2) is 0 Å². The van der Waals surface area contributed by atoms with E-state index in [1.807, 2.05) is 5.09 Å². The Morgan fingerprint density at radius 3 is 2.15 bits per heavy atom. The highest BCUT2D eigenvalue weighted by Gasteiger charge is 2.22. The molecular formula is C4H10N3O4PS. The van der Waals surface area contributed by atoms with Gasteiger partial charge in [-0.3, -0.25) is 9.59 Å². The van der Waals surface area contributed by atoms with Gasteiger partial charge in [-0.25, -0.2) is 5.09 Å². The Kier molecular flexibility index (Phi) is 4.45. The van der Waals surface area contributed by atoms with E-state index in [1.165, 1.54) is 0 Å². The number of carbonyl (C=O) groups excluding carboxylic acids is 2. The van der Waals surface area contributed by atoms with E-state index in [4.69, 9.17) is 21.3 Å². The van der Waals surface area contributed by atoms with Gasteiger partial charge >= 0.3 is 0 Å². The van der Waals surface area contributed by atoms with Crippen LogP contribution in [0, 0.1) is 0 Å². The number of amides is 2. The molecule has 0 heterocycles. The van der Waals surface area contributed by atoms with Crippen LogP contribution in [0.2, 0.25) is 0 Å². The van der Waals surface area contributed by atoms with Crippen molar-refractivity contribution in [2.45, 2.75) is 12.5 Å². The molecule has 0 unspecified atom stereocenters. The summed E-state index contributed by atoms with van der Waals surface area (Å²) in [6, 6.07) is -1.24. The number of hydrogen-bond acceptors (Lipinski definition) is 3. The van der Waals surface area contributed by atoms with Crippen LogP contribution in [0.5, 0.6) is 0 Å². The first-order chi connectivity index (χ1) is 5.72. The van der Waals surface area contributed by atoms with Crippen molar-refractivity contribution in [3.05, 3.63) is 0 Å². The zero-order valence-corrected chi connectivity index (χ0v) is 8.22. The third kappa shape index (κ3) is 6.62. The highest BCUT2D eigenvalue weighted by Crippen LogP contribution is 2.29. The maximum absolute atomic E-state index is 10.6. The summed E-state index contributed by atoms with van der Waals surface area (Å²) < 4.78 is 0. The van der Waals surface area contributed by atoms with E-state index in [0.717, 1.165) is 0 Å². The predicted octanol–water partition coefficient (Wildman–Crippen LogP) is -2.49. The van der Waals surface area contributed by atoms with Crippen LogP contribution in [0.1, 0.15) is 6.42 Å². The summed E-state index contributed by atoms with van der Waals surface area (Å²) in [5.41, 5.74) is 9.61. The molecule has 0 fully saturated rings. The van der Waals surface area contributed by atoms with Gasteiger partial charge in [-0.2, -0.15) is 0 Å². The number of nitrogens with one attached hydrogen (secondary N) is 1. The summed E-state index contributed by atoms with van der Waals surface area (Å²) in [7, 11) is 0. The minimum Gasteiger partial charge on any atom is -0.370 e. The van der Waals surface area contributed by atoms with E-state index in [2.05, 4.69) is 11.8 Å². The van der Waals surface area contributed by atoms with Gasteiger partial charge in [-0.05, 0) is 11.8 Å². The molecule has 0 aromatic rings. The molecule has 0 saturated heterocycles. The third-order valence-corrected chi connectivity index (χ3v) is 2.04. The normalized spacial score (nSPS) is 13.7. The van der Waals surface area contributed by atoms with Crippen LogP contribution in [-0.4, -0.2) is 27.6 Å². The smallest absolute Gasteiger partial charge is 0.256 e. The van der Waals surface area contributed by atoms with Crippen molar-refractivity contribution in [1.82, 2.24) is 5.09 Å². The molecule has 9 heteroatoms. The van der Waals surface area contributed by atoms with Crippen molar-refractivity contribution in [3.63, 3.8) is 0 Å². The molecule has 0 aliphatic carbocycles. The zero-order valence-electron chi connectivity index (χ0n) is 6.51. The second kappa shape index (κ2) is 4.64. The van der Waals surface area contributed by atoms with Crippen LogP contribution in [0.15, 0.2) is 0 Å². The van der Waals surface area contributed by atoms with E-state index >= 15 is 0 Å². The number of primary amides is 2. The molecule has 0 aromatic carbocycles. The summed E-state index contributed by atoms with van der Waals surface area (Å²) in [5.74, 6) is -1.71. The van der Waals surface area contributed by atoms with Crippen LogP contribution >= 0.6 is 6.64 Å². The number of carbonyl (C=O) groups is 2. The average Bonchev–Trinajstić information content (AvgIpc) is 1.81. The first-order valence-corrected chi connectivity index (χ1v) is 5.84. The summed E-state index contributed by atoms with van der Waals surface area (Å²) >= 11 is 4.18. The van der Waals surface area contributed by atoms with Gasteiger partial charge in [-0.1, -0.05) is 0 Å². The molecule has 0 bridgehead atoms. The molecule has 1 atom stereocenters. The maximum atomic E-state index is 10.6. The molecule has 2 amide bonds. The van der Waals surface area contributed by atoms with Crippen LogP contribution in [0.4, 0.5) is 0 Å². The van der Waals surface area contributed by atoms with Crippen LogP contribution in [0.25, 0.3) is 0 Å². The Morgan fingerprint density at radius 2 is 1.92 bits per heavy atom. The van der Waals surface area contributed by atoms with Gasteiger partial charge < -0.3 is 21.3 Å². The van der Waals surface area contributed by atoms with E-state index in [-0.39, 0.29) is 0 Å². The molecule has 0 saturated carbocycles. The summed E-state index contributed by atoms with van der Waals surface area (Å²) in [6.07, 6.45) is -0.422. The number of nitrogens with two attached hydrogens (primary N) is 2. The average molecular weight is 227 g/mol. The van der Waals surface area contributed by atoms with Gasteiger partial charge in [0.1, 0.15) is 6.04 Å². The summed E-state index contributed by atoms with van der Waals surface area (Å²) in [6.45, 7) is -3.76. The van der Waals surface area contributed by atoms with Crippen molar-refractivity contribution < 1.29 is 19.4 Å². The Morgan fingerprint density at radius 1 is 1.46 bits per heavy atom. The van der Waals surface area contributed by atoms with Gasteiger partial charge in [0.05, 0.1) is 6.42 Å². The number of rotatable bonds is 5. The summed E-state index contributed by atoms with van der Waals surface area (Å²) in [5, 5.41) is 1.95. The van der Waals surface area contributed by atoms with E-state index in [9.17, 15) is 9.59 Å². The minimum absolute atomic E-state index is 0.422. The molecule has 7 nitrogen and oxygen atoms in total. The minimum atomic E-state index is -3.76. The Hall–Kier alpha value is -0.530. The maximum Gasteiger partial charge on any atom is 0.256 e. The first-order valence-electron chi connectivity index (χ1n) is 3.13. The van der Waals surface area contributed by atoms with Crippen LogP contribution in [0.3, 0.4) is 0 Å². The Labute approximate surface area is 79.3 Å². The lowest BCUT2D eigenvalue weighted by Crippen LogP contribution is -2.42. The SMILES string of the molecule is NC(=O)C[C@H](NP(O)(O)=S)C(N)=O. The molecule has 0 rings (SSSR count). The molecule has 13 heavy (non-hydrogen) atoms. The standard InChI is InChI=1S/C4H10N3O4PS/c5-3(8)1-2(4(6)9)7-12(10,11)13/h2H,1H2,(H2,5,8)(H2,6,9)(H3,7,10,11,13)/t2-/m0/s1. The molecule has 0 aliphatic heterocycles. The van der Waals surface area contributed by atoms with E-state index < -0.39 is 30.9 Å². The number of hydrogen-bond donors (Lipinski definition) is 5. The van der Waals surface area contributed by atoms with E-state index in [0.29, 0.717) is 0 Å². The molecule has 76 valence electrons. The fourth-order valence-corrected chi connectivity index (χ4v) is 1.62. The van der Waals surface area contributed by atoms with Crippen molar-refractivity contribution in [2.24, 2.45) is 11.5 Å². The fraction of sp³-hybridized carbons (Fsp3) is 0.500. The largest absolute Gasteiger partial charge is 0.370 e. The molecule has 0 aliphatic rings. The Bertz CT molecular complexity index is 264. The van der Waals surface area contributed by atoms with Crippen molar-refractivity contribution in [2.75, 3.05) is 0 Å². The summed E-state index contributed by atoms with van der Waals surface area (Å²) in [4.78, 5) is 38.5. The van der Waals surface area contributed by atoms with Crippen molar-refractivity contribution in [1.29, 1.82) is 0 Å². The molecular weight excluding hydrogens is 217 g/mol. The molecule has 0 spiro atoms. The monoisotopic (exact) mass is 227 g/mol. The van der Waals surface area contributed by atoms with E-state index in [1.54, 1.807) is 0 Å². The highest BCUT2D eigenvalue weighted by atomic mass is 32.5. The van der Waals surface area contributed by atoms with Gasteiger partial charge in [0.2, 0.25) is 11.8 Å². The molecule has 7 N–H and O–H groups in total. The lowest BCUT2D eigenvalue weighted by atomic mass is 10.2. The Balaban J connectivity index is 4.36. The van der Waals surface area contributed by atoms with Crippen LogP contribution < -0.4 is 16.6 Å². The molecule has 0 aromatic heterocycles.